The number of ether oxygens (including phenoxy) is 1. The van der Waals surface area contributed by atoms with Crippen molar-refractivity contribution >= 4 is 17.4 Å². The largest absolute Gasteiger partial charge is 0.378 e. The van der Waals surface area contributed by atoms with E-state index in [4.69, 9.17) is 4.74 Å². The van der Waals surface area contributed by atoms with Crippen LogP contribution in [0.4, 0.5) is 5.69 Å². The Bertz CT molecular complexity index is 814. The normalized spacial score (nSPS) is 14.6. The Hall–Kier alpha value is -2.66. The van der Waals surface area contributed by atoms with Crippen molar-refractivity contribution in [1.29, 1.82) is 0 Å². The Kier molecular flexibility index (Phi) is 6.15. The summed E-state index contributed by atoms with van der Waals surface area (Å²) >= 11 is 0. The van der Waals surface area contributed by atoms with E-state index in [1.165, 1.54) is 5.56 Å². The van der Waals surface area contributed by atoms with Gasteiger partial charge in [0, 0.05) is 29.9 Å². The Morgan fingerprint density at radius 3 is 2.07 bits per heavy atom. The van der Waals surface area contributed by atoms with Gasteiger partial charge in [-0.25, -0.2) is 0 Å². The fourth-order valence-corrected chi connectivity index (χ4v) is 3.17. The minimum atomic E-state index is -0.237. The summed E-state index contributed by atoms with van der Waals surface area (Å²) in [4.78, 5) is 27.0. The summed E-state index contributed by atoms with van der Waals surface area (Å²) in [7, 11) is 0. The highest BCUT2D eigenvalue weighted by molar-refractivity contribution is 6.02. The van der Waals surface area contributed by atoms with E-state index in [-0.39, 0.29) is 23.7 Å². The van der Waals surface area contributed by atoms with Gasteiger partial charge in [-0.2, -0.15) is 0 Å². The quantitative estimate of drug-likeness (QED) is 0.808. The molecule has 0 unspecified atom stereocenters. The SMILES string of the molecule is CC(C)(C)c1ccc(C(=O)NCC(=O)c2ccc(N3CCOCC3)cc2)cc1. The third-order valence-corrected chi connectivity index (χ3v) is 4.99. The maximum Gasteiger partial charge on any atom is 0.251 e. The number of nitrogens with one attached hydrogen (secondary N) is 1. The lowest BCUT2D eigenvalue weighted by Gasteiger charge is -2.28. The summed E-state index contributed by atoms with van der Waals surface area (Å²) in [5, 5.41) is 2.72. The molecular formula is C23H28N2O3. The molecule has 28 heavy (non-hydrogen) atoms. The minimum absolute atomic E-state index is 0.0171. The maximum absolute atomic E-state index is 12.4. The molecule has 1 fully saturated rings. The summed E-state index contributed by atoms with van der Waals surface area (Å²) < 4.78 is 5.36. The molecular weight excluding hydrogens is 352 g/mol. The highest BCUT2D eigenvalue weighted by Gasteiger charge is 2.15. The number of benzene rings is 2. The molecule has 3 rings (SSSR count). The van der Waals surface area contributed by atoms with Gasteiger partial charge in [0.1, 0.15) is 0 Å². The zero-order chi connectivity index (χ0) is 20.1. The molecule has 0 aromatic heterocycles. The first-order valence-corrected chi connectivity index (χ1v) is 9.69. The Balaban J connectivity index is 1.55. The maximum atomic E-state index is 12.4. The van der Waals surface area contributed by atoms with Gasteiger partial charge in [0.2, 0.25) is 0 Å². The van der Waals surface area contributed by atoms with Crippen LogP contribution in [0, 0.1) is 0 Å². The highest BCUT2D eigenvalue weighted by Crippen LogP contribution is 2.22. The Morgan fingerprint density at radius 1 is 0.929 bits per heavy atom. The second-order valence-electron chi connectivity index (χ2n) is 8.08. The van der Waals surface area contributed by atoms with Gasteiger partial charge in [-0.05, 0) is 47.4 Å². The molecule has 1 heterocycles. The number of Topliss-reactive ketones (excluding diaryl/α,β-unsaturated/α-hetero) is 1. The molecule has 0 saturated carbocycles. The smallest absolute Gasteiger partial charge is 0.251 e. The van der Waals surface area contributed by atoms with E-state index in [9.17, 15) is 9.59 Å². The average Bonchev–Trinajstić information content (AvgIpc) is 2.72. The van der Waals surface area contributed by atoms with Gasteiger partial charge in [-0.3, -0.25) is 9.59 Å². The third kappa shape index (κ3) is 4.98. The molecule has 148 valence electrons. The van der Waals surface area contributed by atoms with Crippen molar-refractivity contribution < 1.29 is 14.3 Å². The molecule has 1 N–H and O–H groups in total. The monoisotopic (exact) mass is 380 g/mol. The summed E-state index contributed by atoms with van der Waals surface area (Å²) in [6.45, 7) is 9.54. The van der Waals surface area contributed by atoms with Crippen LogP contribution in [0.2, 0.25) is 0 Å². The number of hydrogen-bond acceptors (Lipinski definition) is 4. The lowest BCUT2D eigenvalue weighted by Crippen LogP contribution is -2.36. The van der Waals surface area contributed by atoms with E-state index in [0.29, 0.717) is 11.1 Å². The molecule has 5 heteroatoms. The number of amides is 1. The first-order chi connectivity index (χ1) is 13.3. The van der Waals surface area contributed by atoms with Crippen LogP contribution < -0.4 is 10.2 Å². The Labute approximate surface area is 166 Å². The van der Waals surface area contributed by atoms with Crippen molar-refractivity contribution in [2.24, 2.45) is 0 Å². The molecule has 0 atom stereocenters. The fraction of sp³-hybridized carbons (Fsp3) is 0.391. The summed E-state index contributed by atoms with van der Waals surface area (Å²) in [5.41, 5.74) is 3.45. The van der Waals surface area contributed by atoms with Crippen LogP contribution in [0.15, 0.2) is 48.5 Å². The molecule has 1 aliphatic rings. The van der Waals surface area contributed by atoms with E-state index >= 15 is 0 Å². The van der Waals surface area contributed by atoms with Gasteiger partial charge in [0.15, 0.2) is 5.78 Å². The number of rotatable bonds is 5. The zero-order valence-corrected chi connectivity index (χ0v) is 16.8. The van der Waals surface area contributed by atoms with Gasteiger partial charge in [-0.1, -0.05) is 32.9 Å². The van der Waals surface area contributed by atoms with Crippen molar-refractivity contribution in [1.82, 2.24) is 5.32 Å². The highest BCUT2D eigenvalue weighted by atomic mass is 16.5. The van der Waals surface area contributed by atoms with Gasteiger partial charge < -0.3 is 15.0 Å². The van der Waals surface area contributed by atoms with Gasteiger partial charge >= 0.3 is 0 Å². The summed E-state index contributed by atoms with van der Waals surface area (Å²) in [6, 6.07) is 15.1. The molecule has 2 aromatic rings. The predicted molar refractivity (Wildman–Crippen MR) is 111 cm³/mol. The predicted octanol–water partition coefficient (Wildman–Crippen LogP) is 3.43. The van der Waals surface area contributed by atoms with Crippen molar-refractivity contribution in [2.45, 2.75) is 26.2 Å². The van der Waals surface area contributed by atoms with Crippen LogP contribution in [-0.4, -0.2) is 44.5 Å². The average molecular weight is 380 g/mol. The van der Waals surface area contributed by atoms with Crippen molar-refractivity contribution in [3.05, 3.63) is 65.2 Å². The van der Waals surface area contributed by atoms with E-state index in [1.807, 2.05) is 36.4 Å². The van der Waals surface area contributed by atoms with E-state index in [1.54, 1.807) is 12.1 Å². The first-order valence-electron chi connectivity index (χ1n) is 9.69. The van der Waals surface area contributed by atoms with Crippen LogP contribution in [0.3, 0.4) is 0 Å². The molecule has 0 spiro atoms. The number of ketones is 1. The summed E-state index contributed by atoms with van der Waals surface area (Å²) in [6.07, 6.45) is 0. The Morgan fingerprint density at radius 2 is 1.50 bits per heavy atom. The fourth-order valence-electron chi connectivity index (χ4n) is 3.17. The van der Waals surface area contributed by atoms with Crippen LogP contribution >= 0.6 is 0 Å². The third-order valence-electron chi connectivity index (χ3n) is 4.99. The molecule has 1 amide bonds. The van der Waals surface area contributed by atoms with Crippen LogP contribution in [0.1, 0.15) is 47.1 Å². The molecule has 1 saturated heterocycles. The number of nitrogens with zero attached hydrogens (tertiary/aromatic N) is 1. The molecule has 2 aromatic carbocycles. The number of carbonyl (C=O) groups excluding carboxylic acids is 2. The van der Waals surface area contributed by atoms with Gasteiger partial charge in [0.25, 0.3) is 5.91 Å². The molecule has 0 bridgehead atoms. The topological polar surface area (TPSA) is 58.6 Å². The minimum Gasteiger partial charge on any atom is -0.378 e. The number of hydrogen-bond donors (Lipinski definition) is 1. The number of carbonyl (C=O) groups is 2. The standard InChI is InChI=1S/C23H28N2O3/c1-23(2,3)19-8-4-18(5-9-19)22(27)24-16-21(26)17-6-10-20(11-7-17)25-12-14-28-15-13-25/h4-11H,12-16H2,1-3H3,(H,24,27). The molecule has 0 aliphatic carbocycles. The van der Waals surface area contributed by atoms with Crippen LogP contribution in [-0.2, 0) is 10.2 Å². The first kappa shape index (κ1) is 20.1. The van der Waals surface area contributed by atoms with Gasteiger partial charge in [-0.15, -0.1) is 0 Å². The molecule has 0 radical (unpaired) electrons. The van der Waals surface area contributed by atoms with Crippen molar-refractivity contribution in [3.8, 4) is 0 Å². The van der Waals surface area contributed by atoms with Crippen LogP contribution in [0.5, 0.6) is 0 Å². The second-order valence-corrected chi connectivity index (χ2v) is 8.08. The molecule has 5 nitrogen and oxygen atoms in total. The van der Waals surface area contributed by atoms with Gasteiger partial charge in [0.05, 0.1) is 19.8 Å². The lowest BCUT2D eigenvalue weighted by molar-refractivity contribution is 0.0904. The molecule has 1 aliphatic heterocycles. The van der Waals surface area contributed by atoms with Crippen LogP contribution in [0.25, 0.3) is 0 Å². The van der Waals surface area contributed by atoms with E-state index in [2.05, 4.69) is 31.0 Å². The number of anilines is 1. The number of morpholine rings is 1. The zero-order valence-electron chi connectivity index (χ0n) is 16.8. The lowest BCUT2D eigenvalue weighted by atomic mass is 9.87. The van der Waals surface area contributed by atoms with E-state index in [0.717, 1.165) is 32.0 Å². The summed E-state index contributed by atoms with van der Waals surface area (Å²) in [5.74, 6) is -0.341. The second kappa shape index (κ2) is 8.57. The van der Waals surface area contributed by atoms with Crippen molar-refractivity contribution in [2.75, 3.05) is 37.7 Å². The van der Waals surface area contributed by atoms with E-state index < -0.39 is 0 Å². The van der Waals surface area contributed by atoms with Crippen molar-refractivity contribution in [3.63, 3.8) is 0 Å².